The van der Waals surface area contributed by atoms with Crippen molar-refractivity contribution < 1.29 is 19.2 Å². The maximum Gasteiger partial charge on any atom is 0.267 e. The molecule has 220 valence electrons. The molecule has 0 aromatic heterocycles. The normalized spacial score (nSPS) is 17.0. The zero-order valence-electron chi connectivity index (χ0n) is 21.4. The van der Waals surface area contributed by atoms with Crippen molar-refractivity contribution in [3.05, 3.63) is 66.3 Å². The minimum atomic E-state index is -0.406. The molecule has 2 aliphatic rings. The number of carbonyl (C=O) groups excluding carboxylic acids is 4. The van der Waals surface area contributed by atoms with Crippen molar-refractivity contribution in [2.75, 3.05) is 23.7 Å². The second kappa shape index (κ2) is 14.7. The predicted molar refractivity (Wildman–Crippen MR) is 179 cm³/mol. The van der Waals surface area contributed by atoms with E-state index in [1.807, 2.05) is 0 Å². The van der Waals surface area contributed by atoms with Crippen LogP contribution in [0.2, 0.25) is 20.1 Å². The van der Waals surface area contributed by atoms with Crippen LogP contribution in [0.4, 0.5) is 11.4 Å². The van der Waals surface area contributed by atoms with Crippen molar-refractivity contribution in [3.63, 3.8) is 0 Å². The molecule has 2 heterocycles. The van der Waals surface area contributed by atoms with Crippen LogP contribution in [0, 0.1) is 0 Å². The zero-order valence-corrected chi connectivity index (χ0v) is 27.7. The number of nitrogens with zero attached hydrogens (tertiary/aromatic N) is 2. The van der Waals surface area contributed by atoms with E-state index in [1.54, 1.807) is 36.4 Å². The van der Waals surface area contributed by atoms with E-state index >= 15 is 0 Å². The SMILES string of the molecule is O=C(CCCN1C(=O)/C(=C2\SC(=S)N(CCCC(=O)Nc3ccc(Cl)c(Cl)c3)C2=O)SC1=S)Nc1ccc(Cl)c(Cl)c1. The molecule has 2 aliphatic heterocycles. The summed E-state index contributed by atoms with van der Waals surface area (Å²) in [5, 5.41) is 6.86. The van der Waals surface area contributed by atoms with Crippen LogP contribution in [0.5, 0.6) is 0 Å². The van der Waals surface area contributed by atoms with Crippen LogP contribution < -0.4 is 10.6 Å². The highest BCUT2D eigenvalue weighted by Gasteiger charge is 2.41. The molecule has 0 spiro atoms. The smallest absolute Gasteiger partial charge is 0.267 e. The number of nitrogens with one attached hydrogen (secondary N) is 2. The minimum absolute atomic E-state index is 0.132. The number of thiocarbonyl (C=S) groups is 2. The summed E-state index contributed by atoms with van der Waals surface area (Å²) in [5.74, 6) is -1.33. The Labute approximate surface area is 280 Å². The molecule has 0 radical (unpaired) electrons. The van der Waals surface area contributed by atoms with Gasteiger partial charge in [0.2, 0.25) is 11.8 Å². The first-order chi connectivity index (χ1) is 19.9. The van der Waals surface area contributed by atoms with Crippen molar-refractivity contribution in [3.8, 4) is 0 Å². The van der Waals surface area contributed by atoms with E-state index in [0.717, 1.165) is 23.5 Å². The monoisotopic (exact) mass is 720 g/mol. The van der Waals surface area contributed by atoms with Crippen molar-refractivity contribution in [2.24, 2.45) is 0 Å². The number of carbonyl (C=O) groups is 4. The number of rotatable bonds is 10. The molecular weight excluding hydrogens is 702 g/mol. The van der Waals surface area contributed by atoms with Crippen LogP contribution in [-0.4, -0.2) is 55.2 Å². The number of amides is 4. The first-order valence-electron chi connectivity index (χ1n) is 12.3. The van der Waals surface area contributed by atoms with Gasteiger partial charge in [-0.15, -0.1) is 0 Å². The van der Waals surface area contributed by atoms with E-state index in [9.17, 15) is 19.2 Å². The Kier molecular flexibility index (Phi) is 11.6. The molecule has 0 atom stereocenters. The highest BCUT2D eigenvalue weighted by atomic mass is 35.5. The van der Waals surface area contributed by atoms with Crippen molar-refractivity contribution >= 4 is 138 Å². The van der Waals surface area contributed by atoms with Crippen LogP contribution in [-0.2, 0) is 19.2 Å². The van der Waals surface area contributed by atoms with Crippen LogP contribution in [0.25, 0.3) is 0 Å². The lowest BCUT2D eigenvalue weighted by Crippen LogP contribution is -2.31. The molecule has 4 rings (SSSR count). The molecule has 2 aromatic rings. The Morgan fingerprint density at radius 3 is 1.40 bits per heavy atom. The Balaban J connectivity index is 1.27. The standard InChI is InChI=1S/C26H20Cl4N4O4S4/c27-15-7-5-13(11-17(15)29)31-19(35)3-1-9-33-23(37)21(41-25(33)39)22-24(38)34(26(40)42-22)10-2-4-20(36)32-14-6-8-16(28)18(30)12-14/h5-8,11-12H,1-4,9-10H2,(H,31,35)(H,32,36)/b22-21+. The Hall–Kier alpha value is -1.90. The summed E-state index contributed by atoms with van der Waals surface area (Å²) in [6.45, 7) is 0.411. The van der Waals surface area contributed by atoms with Gasteiger partial charge in [0.1, 0.15) is 8.64 Å². The fraction of sp³-hybridized carbons (Fsp3) is 0.231. The summed E-state index contributed by atoms with van der Waals surface area (Å²) in [6.07, 6.45) is 0.955. The largest absolute Gasteiger partial charge is 0.326 e. The number of hydrogen-bond donors (Lipinski definition) is 2. The molecular formula is C26H20Cl4N4O4S4. The minimum Gasteiger partial charge on any atom is -0.326 e. The summed E-state index contributed by atoms with van der Waals surface area (Å²) >= 11 is 36.6. The number of benzene rings is 2. The van der Waals surface area contributed by atoms with Gasteiger partial charge in [0.05, 0.1) is 29.9 Å². The lowest BCUT2D eigenvalue weighted by molar-refractivity contribution is -0.124. The van der Waals surface area contributed by atoms with E-state index < -0.39 is 11.8 Å². The summed E-state index contributed by atoms with van der Waals surface area (Å²) < 4.78 is 0.591. The molecule has 0 aliphatic carbocycles. The lowest BCUT2D eigenvalue weighted by atomic mass is 10.2. The van der Waals surface area contributed by atoms with E-state index in [0.29, 0.717) is 52.9 Å². The van der Waals surface area contributed by atoms with Crippen molar-refractivity contribution in [1.82, 2.24) is 9.80 Å². The highest BCUT2D eigenvalue weighted by Crippen LogP contribution is 2.42. The van der Waals surface area contributed by atoms with Crippen LogP contribution in [0.1, 0.15) is 25.7 Å². The molecule has 2 saturated heterocycles. The summed E-state index contributed by atoms with van der Waals surface area (Å²) in [6, 6.07) is 9.53. The molecule has 0 saturated carbocycles. The van der Waals surface area contributed by atoms with Gasteiger partial charge in [0, 0.05) is 37.3 Å². The molecule has 4 amide bonds. The van der Waals surface area contributed by atoms with Crippen LogP contribution in [0.15, 0.2) is 46.2 Å². The van der Waals surface area contributed by atoms with Gasteiger partial charge >= 0.3 is 0 Å². The number of halogens is 4. The van der Waals surface area contributed by atoms with Crippen LogP contribution in [0.3, 0.4) is 0 Å². The molecule has 16 heteroatoms. The second-order valence-corrected chi connectivity index (χ2v) is 13.8. The van der Waals surface area contributed by atoms with Gasteiger partial charge in [-0.25, -0.2) is 0 Å². The fourth-order valence-electron chi connectivity index (χ4n) is 3.85. The first kappa shape index (κ1) is 33.0. The molecule has 42 heavy (non-hydrogen) atoms. The summed E-state index contributed by atoms with van der Waals surface area (Å²) in [7, 11) is 0. The average molecular weight is 723 g/mol. The maximum absolute atomic E-state index is 13.2. The van der Waals surface area contributed by atoms with E-state index in [2.05, 4.69) is 10.6 Å². The van der Waals surface area contributed by atoms with Gasteiger partial charge in [-0.2, -0.15) is 0 Å². The fourth-order valence-corrected chi connectivity index (χ4v) is 7.21. The lowest BCUT2D eigenvalue weighted by Gasteiger charge is -2.15. The maximum atomic E-state index is 13.2. The molecule has 0 bridgehead atoms. The first-order valence-corrected chi connectivity index (χ1v) is 16.2. The van der Waals surface area contributed by atoms with Gasteiger partial charge in [0.15, 0.2) is 0 Å². The molecule has 2 fully saturated rings. The van der Waals surface area contributed by atoms with Gasteiger partial charge < -0.3 is 10.6 Å². The number of hydrogen-bond acceptors (Lipinski definition) is 8. The second-order valence-electron chi connectivity index (χ2n) is 8.87. The van der Waals surface area contributed by atoms with E-state index in [-0.39, 0.29) is 47.6 Å². The summed E-state index contributed by atoms with van der Waals surface area (Å²) in [5.41, 5.74) is 1.02. The highest BCUT2D eigenvalue weighted by molar-refractivity contribution is 8.29. The topological polar surface area (TPSA) is 98.8 Å². The van der Waals surface area contributed by atoms with Crippen molar-refractivity contribution in [2.45, 2.75) is 25.7 Å². The third-order valence-electron chi connectivity index (χ3n) is 5.88. The predicted octanol–water partition coefficient (Wildman–Crippen LogP) is 7.37. The van der Waals surface area contributed by atoms with Crippen molar-refractivity contribution in [1.29, 1.82) is 0 Å². The molecule has 8 nitrogen and oxygen atoms in total. The van der Waals surface area contributed by atoms with E-state index in [1.165, 1.54) is 9.80 Å². The Morgan fingerprint density at radius 1 is 0.667 bits per heavy atom. The third kappa shape index (κ3) is 8.17. The molecule has 0 unspecified atom stereocenters. The quantitative estimate of drug-likeness (QED) is 0.194. The zero-order chi connectivity index (χ0) is 30.6. The average Bonchev–Trinajstić information content (AvgIpc) is 3.37. The Morgan fingerprint density at radius 2 is 1.05 bits per heavy atom. The molecule has 2 N–H and O–H groups in total. The summed E-state index contributed by atoms with van der Waals surface area (Å²) in [4.78, 5) is 54.2. The van der Waals surface area contributed by atoms with Gasteiger partial charge in [0.25, 0.3) is 11.8 Å². The number of anilines is 2. The third-order valence-corrected chi connectivity index (χ3v) is 10.4. The van der Waals surface area contributed by atoms with Gasteiger partial charge in [-0.3, -0.25) is 29.0 Å². The van der Waals surface area contributed by atoms with Gasteiger partial charge in [-0.05, 0) is 49.2 Å². The molecule has 2 aromatic carbocycles. The number of thioether (sulfide) groups is 2. The van der Waals surface area contributed by atoms with Crippen LogP contribution >= 0.6 is 94.4 Å². The van der Waals surface area contributed by atoms with Gasteiger partial charge in [-0.1, -0.05) is 94.4 Å². The van der Waals surface area contributed by atoms with E-state index in [4.69, 9.17) is 70.8 Å². The Bertz CT molecular complexity index is 1430.